The summed E-state index contributed by atoms with van der Waals surface area (Å²) in [6.45, 7) is 21.1. The van der Waals surface area contributed by atoms with Crippen molar-refractivity contribution in [2.45, 2.75) is 135 Å². The van der Waals surface area contributed by atoms with E-state index in [9.17, 15) is 109 Å². The minimum Gasteiger partial charge on any atom is -0.444 e. The molecule has 6 aromatic carbocycles. The van der Waals surface area contributed by atoms with E-state index in [1.165, 1.54) is 84.1 Å². The van der Waals surface area contributed by atoms with Crippen molar-refractivity contribution in [1.82, 2.24) is 31.2 Å². The Hall–Kier alpha value is -8.61. The lowest BCUT2D eigenvalue weighted by Crippen LogP contribution is -2.47. The highest BCUT2D eigenvalue weighted by Gasteiger charge is 2.35. The van der Waals surface area contributed by atoms with Crippen LogP contribution in [0.5, 0.6) is 0 Å². The van der Waals surface area contributed by atoms with Gasteiger partial charge in [-0.05, 0) is 197 Å². The number of hydrogen-bond donors (Lipinski definition) is 11. The third-order valence-electron chi connectivity index (χ3n) is 20.9. The molecule has 0 bridgehead atoms. The summed E-state index contributed by atoms with van der Waals surface area (Å²) in [5, 5.41) is 45.5. The first-order chi connectivity index (χ1) is 65.9. The zero-order valence-corrected chi connectivity index (χ0v) is 95.1. The number of primary amides is 1. The number of pyridine rings is 1. The fourth-order valence-electron chi connectivity index (χ4n) is 14.7. The number of hydrogen-bond acceptors (Lipinski definition) is 36. The van der Waals surface area contributed by atoms with Crippen molar-refractivity contribution < 1.29 is 119 Å². The second-order valence-corrected chi connectivity index (χ2v) is 56.3. The van der Waals surface area contributed by atoms with Crippen LogP contribution in [0.4, 0.5) is 50.4 Å². The Balaban J connectivity index is 0.000000609. The Morgan fingerprint density at radius 1 is 0.524 bits per heavy atom. The van der Waals surface area contributed by atoms with Gasteiger partial charge in [0.05, 0.1) is 116 Å². The number of aromatic nitrogens is 1. The third kappa shape index (κ3) is 45.8. The number of thiophene rings is 1. The average molecular weight is 2360 g/mol. The molecule has 4 fully saturated rings. The van der Waals surface area contributed by atoms with Crippen molar-refractivity contribution in [3.63, 3.8) is 0 Å². The van der Waals surface area contributed by atoms with Gasteiger partial charge in [-0.2, -0.15) is 14.8 Å². The van der Waals surface area contributed by atoms with Gasteiger partial charge < -0.3 is 73.1 Å². The van der Waals surface area contributed by atoms with E-state index < -0.39 is 129 Å². The number of carbonyl (C=O) groups is 2. The molecule has 4 atom stereocenters. The number of aliphatic hydroxyl groups is 3. The number of likely N-dealkylation sites (tertiary alicyclic amines) is 1. The van der Waals surface area contributed by atoms with Crippen LogP contribution in [0.15, 0.2) is 165 Å². The van der Waals surface area contributed by atoms with E-state index >= 15 is 0 Å². The fourth-order valence-corrected chi connectivity index (χ4v) is 28.1. The molecule has 57 heteroatoms. The molecule has 2 aromatic heterocycles. The number of carbonyl (C=O) groups excluding carboxylic acids is 2. The number of piperidine rings is 3. The summed E-state index contributed by atoms with van der Waals surface area (Å²) in [5.74, 6) is 0.356. The molecule has 8 aromatic rings. The molecule has 4 aliphatic rings. The molecule has 0 aliphatic carbocycles. The quantitative estimate of drug-likeness (QED) is 0.0104. The predicted molar refractivity (Wildman–Crippen MR) is 596 cm³/mol. The third-order valence-corrected chi connectivity index (χ3v) is 35.6. The van der Waals surface area contributed by atoms with Gasteiger partial charge in [0.25, 0.3) is 5.91 Å². The number of nitrogen functional groups attached to an aromatic ring is 2. The summed E-state index contributed by atoms with van der Waals surface area (Å²) in [6, 6.07) is 40.9. The number of nitrogens with one attached hydrogen (secondary N) is 5. The van der Waals surface area contributed by atoms with Crippen LogP contribution in [0.2, 0.25) is 0 Å². The number of amides is 2. The number of aliphatic hydroxyl groups excluding tert-OH is 3. The van der Waals surface area contributed by atoms with E-state index in [1.54, 1.807) is 65.6 Å². The summed E-state index contributed by atoms with van der Waals surface area (Å²) in [4.78, 5) is 33.8. The van der Waals surface area contributed by atoms with E-state index in [-0.39, 0.29) is 98.2 Å². The lowest BCUT2D eigenvalue weighted by Gasteiger charge is -2.34. The average Bonchev–Trinajstić information content (AvgIpc) is 1.61. The summed E-state index contributed by atoms with van der Waals surface area (Å²) < 4.78 is 242. The highest BCUT2D eigenvalue weighted by atomic mass is 35.7. The molecule has 4 aliphatic heterocycles. The molecule has 42 nitrogen and oxygen atoms in total. The topological polar surface area (TPSA) is 629 Å². The van der Waals surface area contributed by atoms with Crippen molar-refractivity contribution in [2.75, 3.05) is 164 Å². The van der Waals surface area contributed by atoms with Crippen molar-refractivity contribution >= 4 is 238 Å². The Morgan fingerprint density at radius 2 is 0.837 bits per heavy atom. The van der Waals surface area contributed by atoms with Crippen LogP contribution in [0.1, 0.15) is 153 Å². The lowest BCUT2D eigenvalue weighted by molar-refractivity contribution is 0.0194. The fraction of sp³-hybridized carbons (Fsp3) is 0.456. The van der Waals surface area contributed by atoms with Crippen LogP contribution in [-0.4, -0.2) is 273 Å². The van der Waals surface area contributed by atoms with Crippen LogP contribution < -0.4 is 62.9 Å². The monoisotopic (exact) mass is 2350 g/mol. The molecular weight excluding hydrogens is 2220 g/mol. The van der Waals surface area contributed by atoms with Crippen LogP contribution in [0.25, 0.3) is 22.4 Å². The Morgan fingerprint density at radius 3 is 1.14 bits per heavy atom. The van der Waals surface area contributed by atoms with Crippen molar-refractivity contribution in [1.29, 1.82) is 0 Å². The van der Waals surface area contributed by atoms with Gasteiger partial charge in [0.1, 0.15) is 27.2 Å². The molecule has 147 heavy (non-hydrogen) atoms. The molecule has 14 N–H and O–H groups in total. The van der Waals surface area contributed by atoms with Gasteiger partial charge in [0, 0.05) is 91.4 Å². The van der Waals surface area contributed by atoms with E-state index in [0.717, 1.165) is 190 Å². The second kappa shape index (κ2) is 57.7. The Labute approximate surface area is 893 Å². The van der Waals surface area contributed by atoms with Crippen molar-refractivity contribution in [3.05, 3.63) is 209 Å². The number of nitrogens with two attached hydrogens (primary N) is 3. The molecule has 4 unspecified atom stereocenters. The number of fused-ring (bicyclic) bond motifs is 1. The number of rotatable bonds is 33. The molecule has 0 saturated carbocycles. The van der Waals surface area contributed by atoms with E-state index in [1.807, 2.05) is 45.0 Å². The Kier molecular flexibility index (Phi) is 52.8. The zero-order chi connectivity index (χ0) is 108. The number of halogens is 4. The maximum atomic E-state index is 12.1. The molecular formula is C90H137Cl4N15O27S11. The van der Waals surface area contributed by atoms with E-state index in [0.29, 0.717) is 81.0 Å². The van der Waals surface area contributed by atoms with Crippen LogP contribution >= 0.6 is 59.2 Å². The van der Waals surface area contributed by atoms with Crippen molar-refractivity contribution in [3.8, 4) is 0 Å². The van der Waals surface area contributed by atoms with Gasteiger partial charge in [0.15, 0.2) is 0 Å². The summed E-state index contributed by atoms with van der Waals surface area (Å²) in [6.07, 6.45) is 16.5. The van der Waals surface area contributed by atoms with Gasteiger partial charge in [-0.1, -0.05) is 119 Å². The standard InChI is InChI=1S/C25H34N6O4S2.C20H33N3O7S2.C15H25N3O5S2.C10H13NO5S2.C10H13NO4S2.C8H9N.CH3ClO2S.CH4.3ClH/c1-3-4-16-13-20(29-25-21(16)22(26)23(36-25)24(27)33)31-11-9-17(10-12-31)28-14-19(32)15-5-7-18(8-6-15)30-37(2,34)35;1-20(2,3)30-19(25)22-12-10-16(11-13-22)21-14-18(24)15-6-8-17(9-7-15)23(31(4,26)27)32(5,28)29;1-24(20,21)18(25(2,22)23)14-5-3-12(4-6-14)15(19)11-17-13-7-9-16-10-8-13;1-17(12,13)11(18(2,14)15)9-5-3-8(4-6-9)10-7-16-10;1-4-9-5-7-10(8-6-9)11(16(2,12)13)17(3,14)15;1-2-7-3-5-8(9)6-4-7;1-5(2,3)4;;;;/h5-8,13,17,19,28,30,32H,3-4,9-12,14,26H2,1-2H3,(H2,27,33);6-9,16,18,21,24H,10-14H2,1-5H3;3-6,13,15-17,19H,7-11H2,1-2H3;3-6,10H,7H2,1-2H3;4-8H,1H2,2-3H3;2-6H,1,9H2;1H3;1H4;3*1H. The number of nitrogens with zero attached hydrogens (tertiary/aromatic N) is 7. The van der Waals surface area contributed by atoms with Crippen LogP contribution in [-0.2, 0) is 115 Å². The normalized spacial score (nSPS) is 15.5. The lowest BCUT2D eigenvalue weighted by atomic mass is 10.0. The molecule has 4 saturated heterocycles. The van der Waals surface area contributed by atoms with E-state index in [4.69, 9.17) is 31.7 Å². The number of anilines is 8. The Bertz CT molecular complexity index is 6750. The molecule has 0 radical (unpaired) electrons. The molecule has 2 amide bonds. The molecule has 0 spiro atoms. The maximum Gasteiger partial charge on any atom is 0.410 e. The van der Waals surface area contributed by atoms with Gasteiger partial charge in [-0.25, -0.2) is 94.0 Å². The number of benzene rings is 6. The maximum absolute atomic E-state index is 12.1. The largest absolute Gasteiger partial charge is 0.444 e. The van der Waals surface area contributed by atoms with Gasteiger partial charge in [0.2, 0.25) is 99.3 Å². The smallest absolute Gasteiger partial charge is 0.410 e. The molecule has 12 rings (SSSR count). The first-order valence-electron chi connectivity index (χ1n) is 44.0. The number of aryl methyl sites for hydroxylation is 1. The second-order valence-electron chi connectivity index (χ2n) is 34.9. The number of epoxide rings is 1. The highest BCUT2D eigenvalue weighted by molar-refractivity contribution is 8.13. The molecule has 828 valence electrons. The van der Waals surface area contributed by atoms with Crippen molar-refractivity contribution in [2.24, 2.45) is 5.73 Å². The minimum absolute atomic E-state index is 0. The summed E-state index contributed by atoms with van der Waals surface area (Å²) in [5.41, 5.74) is 24.2. The van der Waals surface area contributed by atoms with Crippen LogP contribution in [0, 0.1) is 0 Å². The summed E-state index contributed by atoms with van der Waals surface area (Å²) in [7, 11) is -33.5. The summed E-state index contributed by atoms with van der Waals surface area (Å²) >= 11 is 1.25. The number of ether oxygens (including phenoxy) is 2. The predicted octanol–water partition coefficient (Wildman–Crippen LogP) is 9.35. The molecule has 6 heterocycles. The minimum atomic E-state index is -4.02. The zero-order valence-electron chi connectivity index (χ0n) is 82.9. The van der Waals surface area contributed by atoms with Gasteiger partial charge in [-0.3, -0.25) is 9.52 Å². The first kappa shape index (κ1) is 134. The SMILES string of the molecule is C.C=Cc1ccc(N(S(C)(=O)=O)S(C)(=O)=O)cc1.C=Cc1ccc(N)cc1.CC(C)(C)OC(=O)N1CCC(NCC(O)c2ccc(N(S(C)(=O)=O)S(C)(=O)=O)cc2)CC1.CCCc1cc(N2CCC(NCC(O)c3ccc(NS(C)(=O)=O)cc3)CC2)nc2sc(C(N)=O)c(N)c12.CS(=O)(=O)Cl.CS(=O)(=O)N(c1ccc(C(O)CNC2CCNCC2)cc1)S(C)(=O)=O.CS(=O)(=O)N(c1ccc(C2CO2)cc1)S(C)(=O)=O.Cl.Cl.Cl. The first-order valence-corrected chi connectivity index (χ1v) is 64.2. The van der Waals surface area contributed by atoms with Gasteiger partial charge in [-0.15, -0.1) is 48.6 Å². The number of sulfonamides is 9. The van der Waals surface area contributed by atoms with Crippen LogP contribution in [0.3, 0.4) is 0 Å². The highest BCUT2D eigenvalue weighted by Crippen LogP contribution is 2.39. The van der Waals surface area contributed by atoms with E-state index in [2.05, 4.69) is 67.7 Å². The van der Waals surface area contributed by atoms with Gasteiger partial charge >= 0.3 is 6.09 Å².